The number of Topliss-reactive ketones (excluding diaryl/α,β-unsaturated/α-hetero) is 1. The Bertz CT molecular complexity index is 1570. The minimum Gasteiger partial charge on any atom is -0.493 e. The molecule has 0 amide bonds. The number of nitrogens with zero attached hydrogens (tertiary/aromatic N) is 1. The lowest BCUT2D eigenvalue weighted by atomic mass is 9.82. The number of carboxylic acid groups (broad SMARTS) is 1. The molecule has 3 aliphatic rings. The van der Waals surface area contributed by atoms with Crippen molar-refractivity contribution in [1.82, 2.24) is 4.90 Å². The standard InChI is InChI=1S/C34H37FN2O7/c1-4-19-11-24(35)12-20(5-2)31(19)36-15-25(38)16-37-17-26(23-13-28(41-3)33-29(14-23)43-18-44-33)30(34(39)40)32(37)22-6-7-27-21(10-22)8-9-42-27/h6-7,10-14,26,30,32,36H,4-5,8-9,15-18H2,1-3H3,(H,39,40)/t26-,30-,32+/m1/s1. The lowest BCUT2D eigenvalue weighted by Crippen LogP contribution is -2.35. The molecule has 6 rings (SSSR count). The number of ether oxygens (including phenoxy) is 4. The van der Waals surface area contributed by atoms with E-state index in [0.717, 1.165) is 45.7 Å². The van der Waals surface area contributed by atoms with Crippen molar-refractivity contribution in [3.63, 3.8) is 0 Å². The minimum atomic E-state index is -0.951. The van der Waals surface area contributed by atoms with Gasteiger partial charge in [-0.05, 0) is 71.0 Å². The van der Waals surface area contributed by atoms with Crippen molar-refractivity contribution >= 4 is 17.4 Å². The molecule has 9 nitrogen and oxygen atoms in total. The van der Waals surface area contributed by atoms with Crippen molar-refractivity contribution in [1.29, 1.82) is 0 Å². The van der Waals surface area contributed by atoms with Crippen molar-refractivity contribution in [3.05, 3.63) is 76.1 Å². The number of fused-ring (bicyclic) bond motifs is 2. The summed E-state index contributed by atoms with van der Waals surface area (Å²) in [4.78, 5) is 28.6. The van der Waals surface area contributed by atoms with Crippen molar-refractivity contribution < 1.29 is 38.0 Å². The number of carbonyl (C=O) groups excluding carboxylic acids is 1. The molecule has 44 heavy (non-hydrogen) atoms. The van der Waals surface area contributed by atoms with E-state index in [0.29, 0.717) is 43.2 Å². The van der Waals surface area contributed by atoms with E-state index in [1.165, 1.54) is 19.2 Å². The van der Waals surface area contributed by atoms with Gasteiger partial charge in [-0.2, -0.15) is 0 Å². The lowest BCUT2D eigenvalue weighted by molar-refractivity contribution is -0.143. The highest BCUT2D eigenvalue weighted by Crippen LogP contribution is 2.50. The second-order valence-corrected chi connectivity index (χ2v) is 11.5. The van der Waals surface area contributed by atoms with Crippen LogP contribution in [-0.4, -0.2) is 61.9 Å². The van der Waals surface area contributed by atoms with Crippen LogP contribution in [0.15, 0.2) is 42.5 Å². The van der Waals surface area contributed by atoms with Gasteiger partial charge in [0, 0.05) is 30.6 Å². The number of rotatable bonds is 11. The third-order valence-corrected chi connectivity index (χ3v) is 8.92. The number of benzene rings is 3. The van der Waals surface area contributed by atoms with Crippen LogP contribution in [0.5, 0.6) is 23.0 Å². The summed E-state index contributed by atoms with van der Waals surface area (Å²) in [7, 11) is 1.53. The first-order chi connectivity index (χ1) is 21.3. The number of ketones is 1. The number of halogens is 1. The van der Waals surface area contributed by atoms with Gasteiger partial charge in [0.1, 0.15) is 11.6 Å². The molecular formula is C34H37FN2O7. The van der Waals surface area contributed by atoms with Crippen LogP contribution in [0.3, 0.4) is 0 Å². The fourth-order valence-electron chi connectivity index (χ4n) is 6.86. The van der Waals surface area contributed by atoms with Gasteiger partial charge in [-0.25, -0.2) is 4.39 Å². The van der Waals surface area contributed by atoms with Crippen LogP contribution in [-0.2, 0) is 28.9 Å². The van der Waals surface area contributed by atoms with Crippen LogP contribution in [0.1, 0.15) is 53.6 Å². The average Bonchev–Trinajstić information content (AvgIpc) is 3.77. The van der Waals surface area contributed by atoms with Gasteiger partial charge >= 0.3 is 5.97 Å². The predicted molar refractivity (Wildman–Crippen MR) is 162 cm³/mol. The molecule has 0 aromatic heterocycles. The number of aliphatic carboxylic acids is 1. The Kier molecular flexibility index (Phi) is 8.35. The van der Waals surface area contributed by atoms with Crippen LogP contribution in [0.2, 0.25) is 0 Å². The smallest absolute Gasteiger partial charge is 0.309 e. The van der Waals surface area contributed by atoms with Gasteiger partial charge in [-0.1, -0.05) is 26.0 Å². The van der Waals surface area contributed by atoms with Crippen molar-refractivity contribution in [2.75, 3.05) is 45.5 Å². The molecule has 1 saturated heterocycles. The zero-order valence-corrected chi connectivity index (χ0v) is 25.2. The molecule has 3 aromatic carbocycles. The summed E-state index contributed by atoms with van der Waals surface area (Å²) in [6.07, 6.45) is 1.99. The summed E-state index contributed by atoms with van der Waals surface area (Å²) < 4.78 is 36.6. The van der Waals surface area contributed by atoms with Gasteiger partial charge < -0.3 is 29.4 Å². The van der Waals surface area contributed by atoms with Crippen LogP contribution >= 0.6 is 0 Å². The molecule has 3 heterocycles. The number of aryl methyl sites for hydroxylation is 2. The second kappa shape index (κ2) is 12.4. The van der Waals surface area contributed by atoms with E-state index in [-0.39, 0.29) is 31.5 Å². The van der Waals surface area contributed by atoms with Crippen molar-refractivity contribution in [3.8, 4) is 23.0 Å². The largest absolute Gasteiger partial charge is 0.493 e. The zero-order valence-electron chi connectivity index (χ0n) is 25.2. The van der Waals surface area contributed by atoms with E-state index in [2.05, 4.69) is 5.32 Å². The third kappa shape index (κ3) is 5.54. The SMILES string of the molecule is CCc1cc(F)cc(CC)c1NCC(=O)CN1C[C@H](c2cc(OC)c3c(c2)OCO3)[C@@H](C(=O)O)[C@@H]1c1ccc2c(c1)CCO2. The quantitative estimate of drug-likeness (QED) is 0.308. The Labute approximate surface area is 255 Å². The van der Waals surface area contributed by atoms with Crippen LogP contribution in [0, 0.1) is 11.7 Å². The van der Waals surface area contributed by atoms with Crippen LogP contribution < -0.4 is 24.3 Å². The predicted octanol–water partition coefficient (Wildman–Crippen LogP) is 5.15. The molecular weight excluding hydrogens is 567 g/mol. The topological polar surface area (TPSA) is 107 Å². The summed E-state index contributed by atoms with van der Waals surface area (Å²) in [5, 5.41) is 13.9. The van der Waals surface area contributed by atoms with Gasteiger partial charge in [-0.15, -0.1) is 0 Å². The summed E-state index contributed by atoms with van der Waals surface area (Å²) in [5.41, 5.74) is 5.03. The Morgan fingerprint density at radius 1 is 1.02 bits per heavy atom. The molecule has 3 aromatic rings. The van der Waals surface area contributed by atoms with Crippen LogP contribution in [0.25, 0.3) is 0 Å². The first-order valence-corrected chi connectivity index (χ1v) is 15.1. The third-order valence-electron chi connectivity index (χ3n) is 8.92. The number of likely N-dealkylation sites (tertiary alicyclic amines) is 1. The van der Waals surface area contributed by atoms with E-state index in [1.807, 2.05) is 49.1 Å². The maximum atomic E-state index is 14.2. The lowest BCUT2D eigenvalue weighted by Gasteiger charge is -2.27. The van der Waals surface area contributed by atoms with Crippen LogP contribution in [0.4, 0.5) is 10.1 Å². The average molecular weight is 605 g/mol. The van der Waals surface area contributed by atoms with Crippen molar-refractivity contribution in [2.24, 2.45) is 5.92 Å². The highest BCUT2D eigenvalue weighted by atomic mass is 19.1. The maximum Gasteiger partial charge on any atom is 0.309 e. The number of carbonyl (C=O) groups is 2. The van der Waals surface area contributed by atoms with Gasteiger partial charge in [0.25, 0.3) is 0 Å². The zero-order chi connectivity index (χ0) is 31.0. The minimum absolute atomic E-state index is 0.0349. The first kappa shape index (κ1) is 29.7. The van der Waals surface area contributed by atoms with Gasteiger partial charge in [0.2, 0.25) is 12.5 Å². The fraction of sp³-hybridized carbons (Fsp3) is 0.412. The summed E-state index contributed by atoms with van der Waals surface area (Å²) >= 11 is 0. The molecule has 0 bridgehead atoms. The number of methoxy groups -OCH3 is 1. The molecule has 0 aliphatic carbocycles. The van der Waals surface area contributed by atoms with E-state index in [4.69, 9.17) is 18.9 Å². The molecule has 1 fully saturated rings. The Hall–Kier alpha value is -4.31. The monoisotopic (exact) mass is 604 g/mol. The summed E-state index contributed by atoms with van der Waals surface area (Å²) in [6.45, 7) is 4.96. The second-order valence-electron chi connectivity index (χ2n) is 11.5. The van der Waals surface area contributed by atoms with E-state index in [1.54, 1.807) is 0 Å². The van der Waals surface area contributed by atoms with Gasteiger partial charge in [0.15, 0.2) is 17.3 Å². The summed E-state index contributed by atoms with van der Waals surface area (Å²) in [5.74, 6) is -0.366. The Morgan fingerprint density at radius 3 is 2.50 bits per heavy atom. The van der Waals surface area contributed by atoms with E-state index >= 15 is 0 Å². The Morgan fingerprint density at radius 2 is 1.80 bits per heavy atom. The van der Waals surface area contributed by atoms with Gasteiger partial charge in [0.05, 0.1) is 32.7 Å². The van der Waals surface area contributed by atoms with Crippen molar-refractivity contribution in [2.45, 2.75) is 45.1 Å². The molecule has 2 N–H and O–H groups in total. The Balaban J connectivity index is 1.32. The number of anilines is 1. The highest BCUT2D eigenvalue weighted by molar-refractivity contribution is 5.85. The first-order valence-electron chi connectivity index (χ1n) is 15.1. The molecule has 0 unspecified atom stereocenters. The molecule has 10 heteroatoms. The molecule has 232 valence electrons. The normalized spacial score (nSPS) is 20.3. The maximum absolute atomic E-state index is 14.2. The number of hydrogen-bond acceptors (Lipinski definition) is 8. The molecule has 0 radical (unpaired) electrons. The molecule has 3 aliphatic heterocycles. The van der Waals surface area contributed by atoms with Gasteiger partial charge in [-0.3, -0.25) is 14.5 Å². The highest BCUT2D eigenvalue weighted by Gasteiger charge is 2.48. The number of hydrogen-bond donors (Lipinski definition) is 2. The fourth-order valence-corrected chi connectivity index (χ4v) is 6.86. The number of carboxylic acids is 1. The molecule has 3 atom stereocenters. The van der Waals surface area contributed by atoms with E-state index in [9.17, 15) is 19.1 Å². The van der Waals surface area contributed by atoms with E-state index < -0.39 is 23.8 Å². The molecule has 0 saturated carbocycles. The molecule has 0 spiro atoms. The summed E-state index contributed by atoms with van der Waals surface area (Å²) in [6, 6.07) is 11.9. The number of nitrogens with one attached hydrogen (secondary N) is 1.